The number of alkyl halides is 3. The Morgan fingerprint density at radius 1 is 1.16 bits per heavy atom. The van der Waals surface area contributed by atoms with Crippen LogP contribution in [-0.4, -0.2) is 86.5 Å². The summed E-state index contributed by atoms with van der Waals surface area (Å²) in [4.78, 5) is 32.8. The van der Waals surface area contributed by atoms with Crippen molar-refractivity contribution in [2.45, 2.75) is 39.5 Å². The highest BCUT2D eigenvalue weighted by atomic mass is 32.1. The van der Waals surface area contributed by atoms with E-state index < -0.39 is 11.2 Å². The monoisotopic (exact) mass is 540 g/mol. The van der Waals surface area contributed by atoms with E-state index in [9.17, 15) is 18.0 Å². The average molecular weight is 541 g/mol. The third-order valence-electron chi connectivity index (χ3n) is 5.75. The summed E-state index contributed by atoms with van der Waals surface area (Å²) in [6.45, 7) is 7.07. The molecule has 1 fully saturated rings. The number of piperazine rings is 1. The quantitative estimate of drug-likeness (QED) is 0.398. The molecule has 200 valence electrons. The Bertz CT molecular complexity index is 1230. The van der Waals surface area contributed by atoms with Gasteiger partial charge in [0.2, 0.25) is 10.9 Å². The van der Waals surface area contributed by atoms with Gasteiger partial charge in [-0.2, -0.15) is 18.3 Å². The third kappa shape index (κ3) is 6.15. The van der Waals surface area contributed by atoms with Gasteiger partial charge in [-0.05, 0) is 20.8 Å². The Labute approximate surface area is 215 Å². The molecule has 1 amide bonds. The Balaban J connectivity index is 1.52. The third-order valence-corrected chi connectivity index (χ3v) is 6.92. The number of carbonyl (C=O) groups excluding carboxylic acids is 1. The molecule has 0 spiro atoms. The van der Waals surface area contributed by atoms with E-state index in [0.29, 0.717) is 59.8 Å². The molecule has 0 aliphatic carbocycles. The van der Waals surface area contributed by atoms with E-state index in [4.69, 9.17) is 9.47 Å². The summed E-state index contributed by atoms with van der Waals surface area (Å²) in [6, 6.07) is -0.157. The number of hydrogen-bond acceptors (Lipinski definition) is 10. The lowest BCUT2D eigenvalue weighted by Crippen LogP contribution is -2.54. The van der Waals surface area contributed by atoms with Crippen LogP contribution >= 0.6 is 11.3 Å². The maximum Gasteiger partial charge on any atom is 0.443 e. The number of rotatable bonds is 8. The molecule has 3 aromatic rings. The average Bonchev–Trinajstić information content (AvgIpc) is 3.43. The van der Waals surface area contributed by atoms with Gasteiger partial charge in [0.05, 0.1) is 6.61 Å². The number of aromatic nitrogens is 6. The Morgan fingerprint density at radius 3 is 2.49 bits per heavy atom. The molecule has 3 aromatic heterocycles. The summed E-state index contributed by atoms with van der Waals surface area (Å²) in [5.41, 5.74) is 0.477. The van der Waals surface area contributed by atoms with Crippen LogP contribution in [0.4, 0.5) is 18.2 Å². The first-order valence-corrected chi connectivity index (χ1v) is 12.3. The van der Waals surface area contributed by atoms with Crippen LogP contribution in [0.25, 0.3) is 11.3 Å². The van der Waals surface area contributed by atoms with Crippen molar-refractivity contribution < 1.29 is 27.4 Å². The van der Waals surface area contributed by atoms with E-state index >= 15 is 0 Å². The van der Waals surface area contributed by atoms with Gasteiger partial charge in [-0.3, -0.25) is 4.79 Å². The number of aryl methyl sites for hydroxylation is 2. The van der Waals surface area contributed by atoms with E-state index in [1.165, 1.54) is 19.5 Å². The summed E-state index contributed by atoms with van der Waals surface area (Å²) >= 11 is 0.569. The molecular formula is C22H27F3N8O3S. The topological polar surface area (TPSA) is 111 Å². The SMILES string of the molecule is COCCOc1ncc(-c2nc(C(F)(F)F)sc2N2CCN(C(=O)Cn3nc(C)nc3C)C(C)C2)cn1. The van der Waals surface area contributed by atoms with Crippen molar-refractivity contribution in [2.24, 2.45) is 0 Å². The minimum absolute atomic E-state index is 0.0528. The Hall–Kier alpha value is -3.33. The lowest BCUT2D eigenvalue weighted by Gasteiger charge is -2.40. The van der Waals surface area contributed by atoms with E-state index in [-0.39, 0.29) is 36.8 Å². The minimum atomic E-state index is -4.60. The van der Waals surface area contributed by atoms with E-state index in [2.05, 4.69) is 25.0 Å². The predicted molar refractivity (Wildman–Crippen MR) is 128 cm³/mol. The molecule has 0 bridgehead atoms. The molecule has 4 rings (SSSR count). The number of anilines is 1. The number of ether oxygens (including phenoxy) is 2. The lowest BCUT2D eigenvalue weighted by molar-refractivity contribution is -0.137. The Kier molecular flexibility index (Phi) is 7.92. The summed E-state index contributed by atoms with van der Waals surface area (Å²) in [7, 11) is 1.53. The molecule has 1 aliphatic heterocycles. The standard InChI is InChI=1S/C22H27F3N8O3S/c1-13-11-31(5-6-32(13)17(34)12-33-15(3)28-14(2)30-33)19-18(29-20(37-19)22(23,24)25)16-9-26-21(27-10-16)36-8-7-35-4/h9-10,13H,5-8,11-12H2,1-4H3. The van der Waals surface area contributed by atoms with Gasteiger partial charge in [-0.1, -0.05) is 11.3 Å². The zero-order valence-corrected chi connectivity index (χ0v) is 21.6. The zero-order chi connectivity index (χ0) is 26.7. The number of nitrogens with zero attached hydrogens (tertiary/aromatic N) is 8. The molecular weight excluding hydrogens is 513 g/mol. The van der Waals surface area contributed by atoms with Crippen molar-refractivity contribution >= 4 is 22.2 Å². The normalized spacial score (nSPS) is 16.4. The predicted octanol–water partition coefficient (Wildman–Crippen LogP) is 2.59. The summed E-state index contributed by atoms with van der Waals surface area (Å²) in [5, 5.41) is 3.63. The maximum atomic E-state index is 13.6. The van der Waals surface area contributed by atoms with Gasteiger partial charge in [0.15, 0.2) is 0 Å². The number of hydrogen-bond donors (Lipinski definition) is 0. The molecule has 0 radical (unpaired) electrons. The minimum Gasteiger partial charge on any atom is -0.461 e. The lowest BCUT2D eigenvalue weighted by atomic mass is 10.1. The van der Waals surface area contributed by atoms with Crippen molar-refractivity contribution in [3.63, 3.8) is 0 Å². The van der Waals surface area contributed by atoms with Crippen molar-refractivity contribution in [1.82, 2.24) is 34.6 Å². The second kappa shape index (κ2) is 11.0. The first-order chi connectivity index (χ1) is 17.6. The number of methoxy groups -OCH3 is 1. The van der Waals surface area contributed by atoms with Gasteiger partial charge in [0.1, 0.15) is 35.5 Å². The molecule has 11 nitrogen and oxygen atoms in total. The number of amides is 1. The van der Waals surface area contributed by atoms with Crippen LogP contribution in [0, 0.1) is 13.8 Å². The largest absolute Gasteiger partial charge is 0.461 e. The maximum absolute atomic E-state index is 13.6. The van der Waals surface area contributed by atoms with Gasteiger partial charge >= 0.3 is 12.2 Å². The van der Waals surface area contributed by atoms with Gasteiger partial charge in [-0.25, -0.2) is 24.6 Å². The number of thiazole rings is 1. The van der Waals surface area contributed by atoms with Gasteiger partial charge in [-0.15, -0.1) is 0 Å². The van der Waals surface area contributed by atoms with Crippen molar-refractivity contribution in [3.05, 3.63) is 29.1 Å². The Morgan fingerprint density at radius 2 is 1.89 bits per heavy atom. The summed E-state index contributed by atoms with van der Waals surface area (Å²) in [6.07, 6.45) is -1.82. The highest BCUT2D eigenvalue weighted by molar-refractivity contribution is 7.16. The molecule has 0 N–H and O–H groups in total. The molecule has 4 heterocycles. The highest BCUT2D eigenvalue weighted by Crippen LogP contribution is 2.43. The van der Waals surface area contributed by atoms with Crippen molar-refractivity contribution in [2.75, 3.05) is 44.9 Å². The highest BCUT2D eigenvalue weighted by Gasteiger charge is 2.38. The van der Waals surface area contributed by atoms with E-state index in [1.807, 2.05) is 11.8 Å². The fraction of sp³-hybridized carbons (Fsp3) is 0.545. The second-order valence-electron chi connectivity index (χ2n) is 8.51. The fourth-order valence-corrected chi connectivity index (χ4v) is 5.00. The van der Waals surface area contributed by atoms with Crippen molar-refractivity contribution in [3.8, 4) is 17.3 Å². The second-order valence-corrected chi connectivity index (χ2v) is 9.49. The van der Waals surface area contributed by atoms with Crippen LogP contribution in [0.5, 0.6) is 6.01 Å². The van der Waals surface area contributed by atoms with Gasteiger partial charge in [0, 0.05) is 50.7 Å². The van der Waals surface area contributed by atoms with Gasteiger partial charge in [0.25, 0.3) is 0 Å². The van der Waals surface area contributed by atoms with Crippen molar-refractivity contribution in [1.29, 1.82) is 0 Å². The molecule has 15 heteroatoms. The summed E-state index contributed by atoms with van der Waals surface area (Å²) < 4.78 is 52.6. The smallest absolute Gasteiger partial charge is 0.443 e. The molecule has 0 aromatic carbocycles. The molecule has 1 atom stereocenters. The van der Waals surface area contributed by atoms with E-state index in [1.54, 1.807) is 23.4 Å². The number of halogens is 3. The van der Waals surface area contributed by atoms with Crippen LogP contribution < -0.4 is 9.64 Å². The summed E-state index contributed by atoms with van der Waals surface area (Å²) in [5.74, 6) is 1.10. The zero-order valence-electron chi connectivity index (χ0n) is 20.8. The molecule has 1 saturated heterocycles. The fourth-order valence-electron chi connectivity index (χ4n) is 4.01. The first kappa shape index (κ1) is 26.7. The first-order valence-electron chi connectivity index (χ1n) is 11.5. The van der Waals surface area contributed by atoms with Crippen LogP contribution in [0.15, 0.2) is 12.4 Å². The number of carbonyl (C=O) groups is 1. The van der Waals surface area contributed by atoms with E-state index in [0.717, 1.165) is 0 Å². The molecule has 1 aliphatic rings. The van der Waals surface area contributed by atoms with Crippen LogP contribution in [0.3, 0.4) is 0 Å². The van der Waals surface area contributed by atoms with Gasteiger partial charge < -0.3 is 19.3 Å². The molecule has 1 unspecified atom stereocenters. The van der Waals surface area contributed by atoms with Crippen LogP contribution in [-0.2, 0) is 22.3 Å². The molecule has 0 saturated carbocycles. The van der Waals surface area contributed by atoms with Crippen LogP contribution in [0.1, 0.15) is 23.6 Å². The molecule has 37 heavy (non-hydrogen) atoms. The van der Waals surface area contributed by atoms with Crippen LogP contribution in [0.2, 0.25) is 0 Å².